The molecule has 0 spiro atoms. The number of hydrogen-bond acceptors (Lipinski definition) is 4. The van der Waals surface area contributed by atoms with Crippen LogP contribution in [0.25, 0.3) is 0 Å². The van der Waals surface area contributed by atoms with E-state index in [1.807, 2.05) is 12.1 Å². The summed E-state index contributed by atoms with van der Waals surface area (Å²) in [6.07, 6.45) is 0.521. The summed E-state index contributed by atoms with van der Waals surface area (Å²) < 4.78 is 31.2. The van der Waals surface area contributed by atoms with Gasteiger partial charge in [0, 0.05) is 24.7 Å². The average molecular weight is 417 g/mol. The molecular weight excluding hydrogens is 396 g/mol. The lowest BCUT2D eigenvalue weighted by molar-refractivity contribution is -0.127. The first-order valence-corrected chi connectivity index (χ1v) is 9.37. The van der Waals surface area contributed by atoms with Crippen LogP contribution in [0, 0.1) is 11.6 Å². The Morgan fingerprint density at radius 3 is 2.53 bits per heavy atom. The zero-order chi connectivity index (χ0) is 21.7. The van der Waals surface area contributed by atoms with Gasteiger partial charge in [0.1, 0.15) is 11.8 Å². The van der Waals surface area contributed by atoms with Crippen molar-refractivity contribution in [2.75, 3.05) is 19.0 Å². The standard InChI is InChI=1S/C21H21F2N3O4/c1-30-15-5-2-13(3-6-15)10-11-26-20(28)18(25-21(26)29)8-9-19(27)24-14-4-7-16(22)17(23)12-14/h2-7,12,18H,8-11H2,1H3,(H,24,27)(H,25,29)/t18-/m0/s1. The summed E-state index contributed by atoms with van der Waals surface area (Å²) in [6.45, 7) is 0.217. The highest BCUT2D eigenvalue weighted by Crippen LogP contribution is 2.17. The van der Waals surface area contributed by atoms with Gasteiger partial charge in [0.2, 0.25) is 5.91 Å². The SMILES string of the molecule is COc1ccc(CCN2C(=O)N[C@@H](CCC(=O)Nc3ccc(F)c(F)c3)C2=O)cc1. The molecule has 0 unspecified atom stereocenters. The molecule has 1 fully saturated rings. The van der Waals surface area contributed by atoms with E-state index in [0.717, 1.165) is 28.3 Å². The summed E-state index contributed by atoms with van der Waals surface area (Å²) in [4.78, 5) is 37.8. The third-order valence-electron chi connectivity index (χ3n) is 4.75. The van der Waals surface area contributed by atoms with Gasteiger partial charge in [-0.05, 0) is 42.7 Å². The third-order valence-corrected chi connectivity index (χ3v) is 4.75. The van der Waals surface area contributed by atoms with Crippen LogP contribution in [0.3, 0.4) is 0 Å². The topological polar surface area (TPSA) is 87.7 Å². The molecule has 0 saturated carbocycles. The Hall–Kier alpha value is -3.49. The molecule has 1 aliphatic rings. The maximum atomic E-state index is 13.2. The zero-order valence-corrected chi connectivity index (χ0v) is 16.3. The Labute approximate surface area is 172 Å². The molecule has 2 N–H and O–H groups in total. The molecule has 1 saturated heterocycles. The van der Waals surface area contributed by atoms with Gasteiger partial charge in [-0.2, -0.15) is 0 Å². The average Bonchev–Trinajstić information content (AvgIpc) is 3.01. The number of methoxy groups -OCH3 is 1. The molecule has 2 aromatic carbocycles. The number of anilines is 1. The summed E-state index contributed by atoms with van der Waals surface area (Å²) in [5.41, 5.74) is 1.06. The van der Waals surface area contributed by atoms with E-state index < -0.39 is 35.5 Å². The summed E-state index contributed by atoms with van der Waals surface area (Å²) in [5.74, 6) is -2.23. The normalized spacial score (nSPS) is 15.8. The van der Waals surface area contributed by atoms with Crippen LogP contribution < -0.4 is 15.4 Å². The van der Waals surface area contributed by atoms with Crippen LogP contribution in [0.5, 0.6) is 5.75 Å². The van der Waals surface area contributed by atoms with Crippen molar-refractivity contribution in [2.45, 2.75) is 25.3 Å². The van der Waals surface area contributed by atoms with Crippen LogP contribution in [0.2, 0.25) is 0 Å². The number of nitrogens with zero attached hydrogens (tertiary/aromatic N) is 1. The molecule has 0 aliphatic carbocycles. The van der Waals surface area contributed by atoms with E-state index in [-0.39, 0.29) is 25.1 Å². The molecule has 1 aliphatic heterocycles. The highest BCUT2D eigenvalue weighted by atomic mass is 19.2. The lowest BCUT2D eigenvalue weighted by Gasteiger charge is -2.13. The minimum absolute atomic E-state index is 0.0675. The van der Waals surface area contributed by atoms with Crippen molar-refractivity contribution in [3.63, 3.8) is 0 Å². The van der Waals surface area contributed by atoms with Gasteiger partial charge in [0.25, 0.3) is 5.91 Å². The number of halogens is 2. The number of nitrogens with one attached hydrogen (secondary N) is 2. The second-order valence-electron chi connectivity index (χ2n) is 6.81. The Bertz CT molecular complexity index is 950. The van der Waals surface area contributed by atoms with E-state index in [1.54, 1.807) is 19.2 Å². The second-order valence-corrected chi connectivity index (χ2v) is 6.81. The number of ether oxygens (including phenoxy) is 1. The quantitative estimate of drug-likeness (QED) is 0.647. The molecular formula is C21H21F2N3O4. The van der Waals surface area contributed by atoms with Crippen molar-refractivity contribution in [3.8, 4) is 5.75 Å². The van der Waals surface area contributed by atoms with Gasteiger partial charge in [-0.3, -0.25) is 14.5 Å². The maximum Gasteiger partial charge on any atom is 0.324 e. The Balaban J connectivity index is 1.48. The van der Waals surface area contributed by atoms with Crippen molar-refractivity contribution >= 4 is 23.5 Å². The molecule has 158 valence electrons. The fraction of sp³-hybridized carbons (Fsp3) is 0.286. The minimum Gasteiger partial charge on any atom is -0.497 e. The van der Waals surface area contributed by atoms with Crippen molar-refractivity contribution < 1.29 is 27.9 Å². The molecule has 2 aromatic rings. The van der Waals surface area contributed by atoms with Crippen LogP contribution >= 0.6 is 0 Å². The van der Waals surface area contributed by atoms with E-state index in [1.165, 1.54) is 6.07 Å². The van der Waals surface area contributed by atoms with Gasteiger partial charge in [0.15, 0.2) is 11.6 Å². The largest absolute Gasteiger partial charge is 0.497 e. The Morgan fingerprint density at radius 2 is 1.87 bits per heavy atom. The molecule has 0 aromatic heterocycles. The number of hydrogen-bond donors (Lipinski definition) is 2. The van der Waals surface area contributed by atoms with Crippen molar-refractivity contribution in [3.05, 3.63) is 59.7 Å². The summed E-state index contributed by atoms with van der Waals surface area (Å²) >= 11 is 0. The molecule has 7 nitrogen and oxygen atoms in total. The Morgan fingerprint density at radius 1 is 1.13 bits per heavy atom. The molecule has 4 amide bonds. The van der Waals surface area contributed by atoms with Crippen LogP contribution in [-0.2, 0) is 16.0 Å². The highest BCUT2D eigenvalue weighted by Gasteiger charge is 2.37. The van der Waals surface area contributed by atoms with Gasteiger partial charge in [-0.1, -0.05) is 12.1 Å². The first-order chi connectivity index (χ1) is 14.4. The van der Waals surface area contributed by atoms with E-state index in [2.05, 4.69) is 10.6 Å². The maximum absolute atomic E-state index is 13.2. The first-order valence-electron chi connectivity index (χ1n) is 9.37. The van der Waals surface area contributed by atoms with Gasteiger partial charge in [0.05, 0.1) is 7.11 Å². The van der Waals surface area contributed by atoms with Crippen molar-refractivity contribution in [1.82, 2.24) is 10.2 Å². The molecule has 1 atom stereocenters. The molecule has 0 bridgehead atoms. The van der Waals surface area contributed by atoms with E-state index >= 15 is 0 Å². The number of carbonyl (C=O) groups is 3. The molecule has 9 heteroatoms. The van der Waals surface area contributed by atoms with Gasteiger partial charge >= 0.3 is 6.03 Å². The predicted molar refractivity (Wildman–Crippen MR) is 105 cm³/mol. The monoisotopic (exact) mass is 417 g/mol. The second kappa shape index (κ2) is 9.34. The number of benzene rings is 2. The van der Waals surface area contributed by atoms with E-state index in [4.69, 9.17) is 4.74 Å². The van der Waals surface area contributed by atoms with Gasteiger partial charge in [-0.15, -0.1) is 0 Å². The molecule has 1 heterocycles. The van der Waals surface area contributed by atoms with Crippen molar-refractivity contribution in [2.24, 2.45) is 0 Å². The number of rotatable bonds is 8. The third kappa shape index (κ3) is 5.11. The highest BCUT2D eigenvalue weighted by molar-refractivity contribution is 6.04. The van der Waals surface area contributed by atoms with Gasteiger partial charge in [-0.25, -0.2) is 13.6 Å². The van der Waals surface area contributed by atoms with Crippen LogP contribution in [0.4, 0.5) is 19.3 Å². The van der Waals surface area contributed by atoms with Crippen LogP contribution in [-0.4, -0.2) is 42.4 Å². The lowest BCUT2D eigenvalue weighted by atomic mass is 10.1. The number of urea groups is 1. The van der Waals surface area contributed by atoms with E-state index in [9.17, 15) is 23.2 Å². The van der Waals surface area contributed by atoms with Crippen molar-refractivity contribution in [1.29, 1.82) is 0 Å². The smallest absolute Gasteiger partial charge is 0.324 e. The summed E-state index contributed by atoms with van der Waals surface area (Å²) in [7, 11) is 1.57. The van der Waals surface area contributed by atoms with Crippen LogP contribution in [0.1, 0.15) is 18.4 Å². The molecule has 30 heavy (non-hydrogen) atoms. The fourth-order valence-electron chi connectivity index (χ4n) is 3.09. The number of amides is 4. The summed E-state index contributed by atoms with van der Waals surface area (Å²) in [5, 5.41) is 5.01. The number of imide groups is 1. The zero-order valence-electron chi connectivity index (χ0n) is 16.3. The van der Waals surface area contributed by atoms with Crippen LogP contribution in [0.15, 0.2) is 42.5 Å². The summed E-state index contributed by atoms with van der Waals surface area (Å²) in [6, 6.07) is 9.03. The Kier molecular flexibility index (Phi) is 6.61. The number of carbonyl (C=O) groups excluding carboxylic acids is 3. The van der Waals surface area contributed by atoms with E-state index in [0.29, 0.717) is 6.42 Å². The minimum atomic E-state index is -1.07. The van der Waals surface area contributed by atoms with Gasteiger partial charge < -0.3 is 15.4 Å². The fourth-order valence-corrected chi connectivity index (χ4v) is 3.09. The predicted octanol–water partition coefficient (Wildman–Crippen LogP) is 2.86. The first kappa shape index (κ1) is 21.2. The lowest BCUT2D eigenvalue weighted by Crippen LogP contribution is -2.33. The molecule has 0 radical (unpaired) electrons. The molecule has 3 rings (SSSR count).